The van der Waals surface area contributed by atoms with Crippen molar-refractivity contribution in [1.29, 1.82) is 0 Å². The Hall–Kier alpha value is -1.32. The number of carbonyl (C=O) groups excluding carboxylic acids is 2. The Bertz CT molecular complexity index is 265. The third kappa shape index (κ3) is 1.88. The van der Waals surface area contributed by atoms with Gasteiger partial charge in [-0.1, -0.05) is 6.92 Å². The van der Waals surface area contributed by atoms with Crippen LogP contribution in [0, 0.1) is 0 Å². The van der Waals surface area contributed by atoms with E-state index in [9.17, 15) is 9.59 Å². The number of Topliss-reactive ketones (excluding diaryl/α,β-unsaturated/α-hetero) is 1. The zero-order chi connectivity index (χ0) is 9.84. The highest BCUT2D eigenvalue weighted by Crippen LogP contribution is 2.21. The van der Waals surface area contributed by atoms with E-state index in [0.29, 0.717) is 12.2 Å². The fourth-order valence-corrected chi connectivity index (χ4v) is 1.21. The second kappa shape index (κ2) is 4.07. The van der Waals surface area contributed by atoms with Crippen LogP contribution in [0.2, 0.25) is 0 Å². The lowest BCUT2D eigenvalue weighted by Gasteiger charge is -2.01. The van der Waals surface area contributed by atoms with Crippen molar-refractivity contribution in [3.63, 3.8) is 0 Å². The van der Waals surface area contributed by atoms with Crippen LogP contribution in [0.5, 0.6) is 0 Å². The molecule has 0 aromatic rings. The fraction of sp³-hybridized carbons (Fsp3) is 0.556. The first-order valence-electron chi connectivity index (χ1n) is 4.18. The predicted octanol–water partition coefficient (Wildman–Crippen LogP) is 0.813. The third-order valence-corrected chi connectivity index (χ3v) is 1.80. The van der Waals surface area contributed by atoms with E-state index < -0.39 is 5.97 Å². The van der Waals surface area contributed by atoms with Crippen LogP contribution in [0.1, 0.15) is 19.8 Å². The molecular formula is C9H12O4. The molecule has 0 saturated heterocycles. The van der Waals surface area contributed by atoms with Crippen LogP contribution in [0.3, 0.4) is 0 Å². The molecule has 0 spiro atoms. The van der Waals surface area contributed by atoms with Crippen LogP contribution in [0.4, 0.5) is 0 Å². The summed E-state index contributed by atoms with van der Waals surface area (Å²) in [6, 6.07) is 0. The molecule has 0 saturated carbocycles. The zero-order valence-corrected chi connectivity index (χ0v) is 7.75. The molecular weight excluding hydrogens is 172 g/mol. The number of ether oxygens (including phenoxy) is 2. The average molecular weight is 184 g/mol. The molecule has 0 aliphatic carbocycles. The van der Waals surface area contributed by atoms with Crippen LogP contribution in [0.25, 0.3) is 0 Å². The number of esters is 1. The Kier molecular flexibility index (Phi) is 3.06. The Morgan fingerprint density at radius 2 is 2.31 bits per heavy atom. The summed E-state index contributed by atoms with van der Waals surface area (Å²) in [4.78, 5) is 22.3. The van der Waals surface area contributed by atoms with Gasteiger partial charge in [0.25, 0.3) is 0 Å². The molecule has 1 rings (SSSR count). The third-order valence-electron chi connectivity index (χ3n) is 1.80. The quantitative estimate of drug-likeness (QED) is 0.481. The van der Waals surface area contributed by atoms with Crippen molar-refractivity contribution in [1.82, 2.24) is 0 Å². The van der Waals surface area contributed by atoms with Crippen LogP contribution < -0.4 is 0 Å². The van der Waals surface area contributed by atoms with Gasteiger partial charge in [-0.25, -0.2) is 4.79 Å². The first kappa shape index (κ1) is 9.77. The van der Waals surface area contributed by atoms with Crippen molar-refractivity contribution in [2.45, 2.75) is 19.8 Å². The van der Waals surface area contributed by atoms with Crippen molar-refractivity contribution in [2.24, 2.45) is 0 Å². The van der Waals surface area contributed by atoms with E-state index in [0.717, 1.165) is 6.42 Å². The van der Waals surface area contributed by atoms with Crippen LogP contribution in [-0.4, -0.2) is 25.5 Å². The van der Waals surface area contributed by atoms with E-state index in [-0.39, 0.29) is 18.0 Å². The van der Waals surface area contributed by atoms with Gasteiger partial charge < -0.3 is 9.47 Å². The van der Waals surface area contributed by atoms with Gasteiger partial charge in [-0.3, -0.25) is 4.79 Å². The molecule has 0 radical (unpaired) electrons. The van der Waals surface area contributed by atoms with Crippen molar-refractivity contribution in [2.75, 3.05) is 13.7 Å². The molecule has 1 heterocycles. The maximum Gasteiger partial charge on any atom is 0.345 e. The van der Waals surface area contributed by atoms with Gasteiger partial charge >= 0.3 is 5.97 Å². The van der Waals surface area contributed by atoms with Crippen LogP contribution >= 0.6 is 0 Å². The van der Waals surface area contributed by atoms with Gasteiger partial charge in [0.15, 0.2) is 6.61 Å². The standard InChI is InChI=1S/C9H12O4/c1-3-4-7-8(9(11)12-2)6(10)5-13-7/h3-5H2,1-2H3. The van der Waals surface area contributed by atoms with E-state index >= 15 is 0 Å². The molecule has 0 unspecified atom stereocenters. The number of ketones is 1. The number of allylic oxidation sites excluding steroid dienone is 1. The smallest absolute Gasteiger partial charge is 0.345 e. The van der Waals surface area contributed by atoms with E-state index in [1.54, 1.807) is 0 Å². The number of hydrogen-bond acceptors (Lipinski definition) is 4. The zero-order valence-electron chi connectivity index (χ0n) is 7.75. The normalized spacial score (nSPS) is 16.0. The number of carbonyl (C=O) groups is 2. The minimum Gasteiger partial charge on any atom is -0.489 e. The molecule has 0 atom stereocenters. The van der Waals surface area contributed by atoms with Gasteiger partial charge in [0.1, 0.15) is 11.3 Å². The number of hydrogen-bond donors (Lipinski definition) is 0. The van der Waals surface area contributed by atoms with Gasteiger partial charge in [-0.05, 0) is 6.42 Å². The summed E-state index contributed by atoms with van der Waals surface area (Å²) in [6.45, 7) is 1.92. The molecule has 0 aromatic carbocycles. The summed E-state index contributed by atoms with van der Waals surface area (Å²) in [7, 11) is 1.25. The number of methoxy groups -OCH3 is 1. The molecule has 0 amide bonds. The molecule has 0 bridgehead atoms. The lowest BCUT2D eigenvalue weighted by Crippen LogP contribution is -2.13. The largest absolute Gasteiger partial charge is 0.489 e. The molecule has 1 aliphatic rings. The first-order chi connectivity index (χ1) is 6.20. The Morgan fingerprint density at radius 1 is 1.62 bits per heavy atom. The monoisotopic (exact) mass is 184 g/mol. The predicted molar refractivity (Wildman–Crippen MR) is 44.9 cm³/mol. The van der Waals surface area contributed by atoms with Gasteiger partial charge in [0, 0.05) is 6.42 Å². The van der Waals surface area contributed by atoms with Gasteiger partial charge in [0.2, 0.25) is 5.78 Å². The van der Waals surface area contributed by atoms with Crippen LogP contribution in [-0.2, 0) is 19.1 Å². The lowest BCUT2D eigenvalue weighted by atomic mass is 10.1. The van der Waals surface area contributed by atoms with Gasteiger partial charge in [-0.2, -0.15) is 0 Å². The highest BCUT2D eigenvalue weighted by Gasteiger charge is 2.30. The van der Waals surface area contributed by atoms with Gasteiger partial charge in [-0.15, -0.1) is 0 Å². The fourth-order valence-electron chi connectivity index (χ4n) is 1.21. The van der Waals surface area contributed by atoms with Crippen LogP contribution in [0.15, 0.2) is 11.3 Å². The maximum atomic E-state index is 11.2. The summed E-state index contributed by atoms with van der Waals surface area (Å²) in [6.07, 6.45) is 1.44. The summed E-state index contributed by atoms with van der Waals surface area (Å²) in [5.41, 5.74) is 0.0874. The molecule has 0 N–H and O–H groups in total. The maximum absolute atomic E-state index is 11.2. The molecule has 1 aliphatic heterocycles. The Balaban J connectivity index is 2.89. The van der Waals surface area contributed by atoms with E-state index in [2.05, 4.69) is 4.74 Å². The molecule has 4 nitrogen and oxygen atoms in total. The molecule has 0 aromatic heterocycles. The Labute approximate surface area is 76.5 Å². The minimum atomic E-state index is -0.592. The summed E-state index contributed by atoms with van der Waals surface area (Å²) in [5.74, 6) is -0.402. The van der Waals surface area contributed by atoms with E-state index in [1.807, 2.05) is 6.92 Å². The summed E-state index contributed by atoms with van der Waals surface area (Å²) >= 11 is 0. The Morgan fingerprint density at radius 3 is 2.85 bits per heavy atom. The molecule has 72 valence electrons. The second-order valence-corrected chi connectivity index (χ2v) is 2.75. The topological polar surface area (TPSA) is 52.6 Å². The van der Waals surface area contributed by atoms with E-state index in [1.165, 1.54) is 7.11 Å². The number of rotatable bonds is 3. The highest BCUT2D eigenvalue weighted by molar-refractivity contribution is 6.19. The second-order valence-electron chi connectivity index (χ2n) is 2.75. The summed E-state index contributed by atoms with van der Waals surface area (Å²) in [5, 5.41) is 0. The lowest BCUT2D eigenvalue weighted by molar-refractivity contribution is -0.137. The van der Waals surface area contributed by atoms with Crippen molar-refractivity contribution in [3.8, 4) is 0 Å². The van der Waals surface area contributed by atoms with Crippen molar-refractivity contribution in [3.05, 3.63) is 11.3 Å². The molecule has 4 heteroatoms. The summed E-state index contributed by atoms with van der Waals surface area (Å²) < 4.78 is 9.55. The SMILES string of the molecule is CCCC1=C(C(=O)OC)C(=O)CO1. The van der Waals surface area contributed by atoms with Gasteiger partial charge in [0.05, 0.1) is 7.11 Å². The van der Waals surface area contributed by atoms with E-state index in [4.69, 9.17) is 4.74 Å². The molecule has 13 heavy (non-hydrogen) atoms. The minimum absolute atomic E-state index is 0.0280. The highest BCUT2D eigenvalue weighted by atomic mass is 16.5. The van der Waals surface area contributed by atoms with Crippen molar-refractivity contribution >= 4 is 11.8 Å². The molecule has 0 fully saturated rings. The first-order valence-corrected chi connectivity index (χ1v) is 4.18. The average Bonchev–Trinajstić information content (AvgIpc) is 2.47. The van der Waals surface area contributed by atoms with Crippen molar-refractivity contribution < 1.29 is 19.1 Å².